The van der Waals surface area contributed by atoms with Crippen LogP contribution in [0, 0.1) is 0 Å². The lowest BCUT2D eigenvalue weighted by Crippen LogP contribution is -2.35. The zero-order valence-corrected chi connectivity index (χ0v) is 12.4. The topological polar surface area (TPSA) is 93.1 Å². The lowest BCUT2D eigenvalue weighted by Gasteiger charge is -2.27. The summed E-state index contributed by atoms with van der Waals surface area (Å²) in [6.07, 6.45) is 6.58. The van der Waals surface area contributed by atoms with Crippen LogP contribution in [0.2, 0.25) is 0 Å². The van der Waals surface area contributed by atoms with Gasteiger partial charge >= 0.3 is 0 Å². The molecule has 0 amide bonds. The van der Waals surface area contributed by atoms with Gasteiger partial charge < -0.3 is 10.8 Å². The maximum atomic E-state index is 9.29. The second-order valence-electron chi connectivity index (χ2n) is 5.66. The number of aliphatic hydroxyl groups is 1. The fraction of sp³-hybridized carbons (Fsp3) is 0.643. The first-order valence-corrected chi connectivity index (χ1v) is 7.48. The van der Waals surface area contributed by atoms with Gasteiger partial charge in [-0.25, -0.2) is 9.97 Å². The molecule has 2 heterocycles. The van der Waals surface area contributed by atoms with Gasteiger partial charge in [0.1, 0.15) is 11.6 Å². The van der Waals surface area contributed by atoms with Crippen LogP contribution in [0.3, 0.4) is 0 Å². The Kier molecular flexibility index (Phi) is 4.03. The number of aromatic nitrogens is 4. The number of nitrogens with two attached hydrogens (primary N) is 1. The van der Waals surface area contributed by atoms with Crippen molar-refractivity contribution in [3.8, 4) is 0 Å². The molecule has 114 valence electrons. The van der Waals surface area contributed by atoms with Crippen molar-refractivity contribution < 1.29 is 5.11 Å². The standard InChI is InChI=1S/C14H22N6O/c1-19-14-11(8-16-19)13(15)17-12(18-14)9-20(6-7-21)10-4-2-3-5-10/h8,10,21H,2-7,9H2,1H3,(H2,15,17,18). The molecule has 1 fully saturated rings. The molecule has 1 aliphatic carbocycles. The molecule has 3 rings (SSSR count). The van der Waals surface area contributed by atoms with Crippen molar-refractivity contribution in [3.63, 3.8) is 0 Å². The number of hydrogen-bond acceptors (Lipinski definition) is 6. The average molecular weight is 290 g/mol. The van der Waals surface area contributed by atoms with E-state index in [2.05, 4.69) is 20.0 Å². The zero-order chi connectivity index (χ0) is 14.8. The van der Waals surface area contributed by atoms with Gasteiger partial charge in [0.25, 0.3) is 0 Å². The van der Waals surface area contributed by atoms with Crippen LogP contribution in [0.5, 0.6) is 0 Å². The highest BCUT2D eigenvalue weighted by Gasteiger charge is 2.23. The summed E-state index contributed by atoms with van der Waals surface area (Å²) in [5.41, 5.74) is 6.76. The molecule has 0 atom stereocenters. The van der Waals surface area contributed by atoms with Crippen LogP contribution >= 0.6 is 0 Å². The molecule has 21 heavy (non-hydrogen) atoms. The summed E-state index contributed by atoms with van der Waals surface area (Å²) in [7, 11) is 1.85. The van der Waals surface area contributed by atoms with E-state index in [1.54, 1.807) is 10.9 Å². The van der Waals surface area contributed by atoms with E-state index in [0.717, 1.165) is 11.0 Å². The predicted molar refractivity (Wildman–Crippen MR) is 80.5 cm³/mol. The smallest absolute Gasteiger partial charge is 0.163 e. The fourth-order valence-corrected chi connectivity index (χ4v) is 3.13. The molecule has 0 bridgehead atoms. The van der Waals surface area contributed by atoms with Crippen LogP contribution < -0.4 is 5.73 Å². The van der Waals surface area contributed by atoms with Crippen LogP contribution in [0.1, 0.15) is 31.5 Å². The summed E-state index contributed by atoms with van der Waals surface area (Å²) in [5, 5.41) is 14.3. The third kappa shape index (κ3) is 2.84. The minimum atomic E-state index is 0.153. The molecule has 0 unspecified atom stereocenters. The number of anilines is 1. The van der Waals surface area contributed by atoms with Gasteiger partial charge in [-0.2, -0.15) is 5.10 Å². The van der Waals surface area contributed by atoms with Gasteiger partial charge in [-0.3, -0.25) is 9.58 Å². The second kappa shape index (κ2) is 5.95. The van der Waals surface area contributed by atoms with Gasteiger partial charge in [-0.1, -0.05) is 12.8 Å². The Morgan fingerprint density at radius 1 is 1.38 bits per heavy atom. The second-order valence-corrected chi connectivity index (χ2v) is 5.66. The van der Waals surface area contributed by atoms with Crippen LogP contribution in [-0.4, -0.2) is 48.9 Å². The largest absolute Gasteiger partial charge is 0.395 e. The number of fused-ring (bicyclic) bond motifs is 1. The third-order valence-electron chi connectivity index (χ3n) is 4.24. The Balaban J connectivity index is 1.86. The van der Waals surface area contributed by atoms with Crippen molar-refractivity contribution in [1.29, 1.82) is 0 Å². The Hall–Kier alpha value is -1.73. The molecule has 1 saturated carbocycles. The van der Waals surface area contributed by atoms with Gasteiger partial charge in [0.15, 0.2) is 5.65 Å². The minimum Gasteiger partial charge on any atom is -0.395 e. The van der Waals surface area contributed by atoms with E-state index in [-0.39, 0.29) is 6.61 Å². The number of hydrogen-bond donors (Lipinski definition) is 2. The Morgan fingerprint density at radius 2 is 2.14 bits per heavy atom. The highest BCUT2D eigenvalue weighted by Crippen LogP contribution is 2.25. The Labute approximate surface area is 123 Å². The molecular weight excluding hydrogens is 268 g/mol. The fourth-order valence-electron chi connectivity index (χ4n) is 3.13. The maximum Gasteiger partial charge on any atom is 0.163 e. The number of nitrogen functional groups attached to an aromatic ring is 1. The zero-order valence-electron chi connectivity index (χ0n) is 12.4. The molecule has 0 radical (unpaired) electrons. The summed E-state index contributed by atoms with van der Waals surface area (Å²) in [6.45, 7) is 1.42. The SMILES string of the molecule is Cn1ncc2c(N)nc(CN(CCO)C3CCCC3)nc21. The molecule has 7 nitrogen and oxygen atoms in total. The molecule has 3 N–H and O–H groups in total. The molecule has 2 aromatic rings. The first kappa shape index (κ1) is 14.2. The quantitative estimate of drug-likeness (QED) is 0.841. The van der Waals surface area contributed by atoms with Crippen molar-refractivity contribution in [2.75, 3.05) is 18.9 Å². The molecular formula is C14H22N6O. The van der Waals surface area contributed by atoms with Crippen molar-refractivity contribution in [2.24, 2.45) is 7.05 Å². The number of rotatable bonds is 5. The molecule has 0 saturated heterocycles. The first-order valence-electron chi connectivity index (χ1n) is 7.48. The number of nitrogens with zero attached hydrogens (tertiary/aromatic N) is 5. The normalized spacial score (nSPS) is 16.3. The Morgan fingerprint density at radius 3 is 2.86 bits per heavy atom. The lowest BCUT2D eigenvalue weighted by atomic mass is 10.2. The lowest BCUT2D eigenvalue weighted by molar-refractivity contribution is 0.142. The van der Waals surface area contributed by atoms with Crippen molar-refractivity contribution >= 4 is 16.9 Å². The van der Waals surface area contributed by atoms with Crippen LogP contribution in [-0.2, 0) is 13.6 Å². The summed E-state index contributed by atoms with van der Waals surface area (Å²) in [5.74, 6) is 1.17. The number of aliphatic hydroxyl groups excluding tert-OH is 1. The molecule has 1 aliphatic rings. The van der Waals surface area contributed by atoms with Crippen molar-refractivity contribution in [2.45, 2.75) is 38.3 Å². The molecule has 0 spiro atoms. The highest BCUT2D eigenvalue weighted by atomic mass is 16.3. The maximum absolute atomic E-state index is 9.29. The number of aryl methyl sites for hydroxylation is 1. The van der Waals surface area contributed by atoms with Gasteiger partial charge in [-0.05, 0) is 12.8 Å². The summed E-state index contributed by atoms with van der Waals surface area (Å²) >= 11 is 0. The molecule has 7 heteroatoms. The van der Waals surface area contributed by atoms with E-state index in [1.807, 2.05) is 7.05 Å². The molecule has 0 aromatic carbocycles. The Bertz CT molecular complexity index is 619. The summed E-state index contributed by atoms with van der Waals surface area (Å²) in [4.78, 5) is 11.2. The summed E-state index contributed by atoms with van der Waals surface area (Å²) in [6, 6.07) is 0.518. The van der Waals surface area contributed by atoms with E-state index < -0.39 is 0 Å². The van der Waals surface area contributed by atoms with E-state index in [4.69, 9.17) is 5.73 Å². The monoisotopic (exact) mass is 290 g/mol. The van der Waals surface area contributed by atoms with E-state index in [9.17, 15) is 5.11 Å². The predicted octanol–water partition coefficient (Wildman–Crippen LogP) is 0.682. The minimum absolute atomic E-state index is 0.153. The van der Waals surface area contributed by atoms with Crippen molar-refractivity contribution in [1.82, 2.24) is 24.6 Å². The van der Waals surface area contributed by atoms with Crippen molar-refractivity contribution in [3.05, 3.63) is 12.0 Å². The molecule has 0 aliphatic heterocycles. The third-order valence-corrected chi connectivity index (χ3v) is 4.24. The van der Waals surface area contributed by atoms with Crippen LogP contribution in [0.4, 0.5) is 5.82 Å². The van der Waals surface area contributed by atoms with E-state index in [1.165, 1.54) is 25.7 Å². The van der Waals surface area contributed by atoms with Gasteiger partial charge in [0.2, 0.25) is 0 Å². The van der Waals surface area contributed by atoms with Crippen LogP contribution in [0.25, 0.3) is 11.0 Å². The van der Waals surface area contributed by atoms with Gasteiger partial charge in [0, 0.05) is 19.6 Å². The highest BCUT2D eigenvalue weighted by molar-refractivity contribution is 5.84. The summed E-state index contributed by atoms with van der Waals surface area (Å²) < 4.78 is 1.71. The van der Waals surface area contributed by atoms with Crippen LogP contribution in [0.15, 0.2) is 6.20 Å². The van der Waals surface area contributed by atoms with Gasteiger partial charge in [0.05, 0.1) is 24.7 Å². The van der Waals surface area contributed by atoms with Gasteiger partial charge in [-0.15, -0.1) is 0 Å². The molecule has 2 aromatic heterocycles. The first-order chi connectivity index (χ1) is 10.2. The average Bonchev–Trinajstić information content (AvgIpc) is 3.09. The van der Waals surface area contributed by atoms with E-state index in [0.29, 0.717) is 30.8 Å². The van der Waals surface area contributed by atoms with E-state index >= 15 is 0 Å².